The van der Waals surface area contributed by atoms with Crippen LogP contribution in [0.4, 0.5) is 22.0 Å². The number of aromatic nitrogens is 6. The Morgan fingerprint density at radius 1 is 0.250 bits per heavy atom. The molecule has 92 heavy (non-hydrogen) atoms. The fourth-order valence-electron chi connectivity index (χ4n) is 13.2. The first-order chi connectivity index (χ1) is 45.2. The van der Waals surface area contributed by atoms with Crippen LogP contribution in [0.2, 0.25) is 0 Å². The highest BCUT2D eigenvalue weighted by Gasteiger charge is 2.30. The summed E-state index contributed by atoms with van der Waals surface area (Å²) in [4.78, 5) is 19.6. The largest absolute Gasteiger partial charge is 0.307 e. The molecule has 6 aromatic heterocycles. The molecule has 0 bridgehead atoms. The number of pyridine rings is 4. The molecule has 10 aromatic carbocycles. The number of halogens is 5. The van der Waals surface area contributed by atoms with E-state index in [2.05, 4.69) is 65.2 Å². The number of aryl methyl sites for hydroxylation is 1. The predicted octanol–water partition coefficient (Wildman–Crippen LogP) is 21.5. The SMILES string of the molecule is Cc1cc(-n2c3ccc(-c4cccnc4-c4ccccc4)cc3c3cc(-c4cccnc4-c4ccccc4)ccc32)c(-n2c3ccc(-c4cccnc4-c4ccccc4)cc3c3cc(-c4cccnc4-c4ccccc4)ccc32)cc1-c1c(F)c(F)c(F)c(F)c1F. The Kier molecular flexibility index (Phi) is 13.6. The van der Waals surface area contributed by atoms with E-state index in [1.54, 1.807) is 43.8 Å². The van der Waals surface area contributed by atoms with Crippen molar-refractivity contribution in [2.45, 2.75) is 6.92 Å². The van der Waals surface area contributed by atoms with E-state index in [0.29, 0.717) is 22.4 Å². The fourth-order valence-corrected chi connectivity index (χ4v) is 13.2. The summed E-state index contributed by atoms with van der Waals surface area (Å²) in [6, 6.07) is 84.3. The molecule has 0 saturated carbocycles. The van der Waals surface area contributed by atoms with E-state index < -0.39 is 34.6 Å². The molecule has 6 nitrogen and oxygen atoms in total. The maximum Gasteiger partial charge on any atom is 0.200 e. The van der Waals surface area contributed by atoms with Gasteiger partial charge in [0, 0.05) is 90.8 Å². The first-order valence-corrected chi connectivity index (χ1v) is 30.0. The van der Waals surface area contributed by atoms with Crippen molar-refractivity contribution >= 4 is 43.6 Å². The number of rotatable bonds is 11. The van der Waals surface area contributed by atoms with Gasteiger partial charge in [0.2, 0.25) is 5.82 Å². The Hall–Kier alpha value is -12.0. The van der Waals surface area contributed by atoms with Crippen LogP contribution in [-0.2, 0) is 0 Å². The van der Waals surface area contributed by atoms with Gasteiger partial charge in [0.1, 0.15) is 0 Å². The summed E-state index contributed by atoms with van der Waals surface area (Å²) in [5.74, 6) is -10.2. The number of benzene rings is 10. The zero-order chi connectivity index (χ0) is 62.1. The van der Waals surface area contributed by atoms with Crippen molar-refractivity contribution in [2.24, 2.45) is 0 Å². The number of hydrogen-bond acceptors (Lipinski definition) is 4. The van der Waals surface area contributed by atoms with E-state index in [1.807, 2.05) is 187 Å². The average molecular weight is 1200 g/mol. The summed E-state index contributed by atoms with van der Waals surface area (Å²) in [7, 11) is 0. The molecule has 0 atom stereocenters. The number of nitrogens with zero attached hydrogens (tertiary/aromatic N) is 6. The van der Waals surface area contributed by atoms with Crippen molar-refractivity contribution in [3.05, 3.63) is 314 Å². The topological polar surface area (TPSA) is 61.4 Å². The minimum absolute atomic E-state index is 0.189. The van der Waals surface area contributed by atoms with Crippen molar-refractivity contribution < 1.29 is 22.0 Å². The second kappa shape index (κ2) is 22.6. The van der Waals surface area contributed by atoms with Crippen LogP contribution in [0.5, 0.6) is 0 Å². The molecule has 0 amide bonds. The summed E-state index contributed by atoms with van der Waals surface area (Å²) in [5.41, 5.74) is 16.9. The third-order valence-electron chi connectivity index (χ3n) is 17.5. The van der Waals surface area contributed by atoms with E-state index in [4.69, 9.17) is 19.9 Å². The van der Waals surface area contributed by atoms with Gasteiger partial charge in [-0.15, -0.1) is 0 Å². The molecule has 0 fully saturated rings. The molecule has 11 heteroatoms. The second-order valence-electron chi connectivity index (χ2n) is 22.8. The predicted molar refractivity (Wildman–Crippen MR) is 360 cm³/mol. The molecule has 0 aliphatic rings. The molecule has 16 rings (SSSR count). The maximum atomic E-state index is 16.6. The van der Waals surface area contributed by atoms with Crippen LogP contribution >= 0.6 is 0 Å². The lowest BCUT2D eigenvalue weighted by Gasteiger charge is -2.21. The van der Waals surface area contributed by atoms with Gasteiger partial charge in [-0.1, -0.05) is 170 Å². The van der Waals surface area contributed by atoms with Crippen molar-refractivity contribution in [3.63, 3.8) is 0 Å². The summed E-state index contributed by atoms with van der Waals surface area (Å²) < 4.78 is 83.9. The number of fused-ring (bicyclic) bond motifs is 6. The summed E-state index contributed by atoms with van der Waals surface area (Å²) in [6.07, 6.45) is 7.14. The van der Waals surface area contributed by atoms with Crippen LogP contribution in [0.1, 0.15) is 5.56 Å². The van der Waals surface area contributed by atoms with Crippen molar-refractivity contribution in [1.29, 1.82) is 0 Å². The summed E-state index contributed by atoms with van der Waals surface area (Å²) in [5, 5.41) is 3.36. The lowest BCUT2D eigenvalue weighted by atomic mass is 9.96. The minimum atomic E-state index is -2.24. The van der Waals surface area contributed by atoms with Gasteiger partial charge in [-0.05, 0) is 125 Å². The molecule has 0 radical (unpaired) electrons. The molecule has 0 N–H and O–H groups in total. The lowest BCUT2D eigenvalue weighted by Crippen LogP contribution is -2.08. The van der Waals surface area contributed by atoms with Crippen molar-refractivity contribution in [1.82, 2.24) is 29.1 Å². The van der Waals surface area contributed by atoms with Crippen LogP contribution in [0, 0.1) is 36.0 Å². The standard InChI is InChI=1S/C81H49F5N6/c1-48-42-70(91-66-34-30-53(57-26-14-38-87-78(57)49-18-6-2-7-19-49)43-62(66)63-44-54(31-35-67(63)91)58-27-15-39-88-79(58)50-20-8-3-9-21-50)71(47-61(48)72-73(82)75(84)77(86)76(85)74(72)83)92-68-36-32-55(59-28-16-40-89-80(59)51-22-10-4-11-23-51)45-64(68)65-46-56(33-37-69(65)92)60-29-17-41-90-81(60)52-24-12-5-13-25-52/h2-47H,1H3. The third kappa shape index (κ3) is 9.23. The molecule has 0 saturated heterocycles. The first-order valence-electron chi connectivity index (χ1n) is 30.0. The van der Waals surface area contributed by atoms with Gasteiger partial charge in [-0.2, -0.15) is 0 Å². The van der Waals surface area contributed by atoms with Crippen LogP contribution in [0.3, 0.4) is 0 Å². The summed E-state index contributed by atoms with van der Waals surface area (Å²) in [6.45, 7) is 1.63. The minimum Gasteiger partial charge on any atom is -0.307 e. The summed E-state index contributed by atoms with van der Waals surface area (Å²) >= 11 is 0. The van der Waals surface area contributed by atoms with Crippen LogP contribution in [-0.4, -0.2) is 29.1 Å². The van der Waals surface area contributed by atoms with Gasteiger partial charge >= 0.3 is 0 Å². The van der Waals surface area contributed by atoms with Gasteiger partial charge in [-0.3, -0.25) is 19.9 Å². The van der Waals surface area contributed by atoms with Gasteiger partial charge in [0.25, 0.3) is 0 Å². The van der Waals surface area contributed by atoms with Crippen LogP contribution in [0.15, 0.2) is 280 Å². The van der Waals surface area contributed by atoms with E-state index >= 15 is 22.0 Å². The van der Waals surface area contributed by atoms with Gasteiger partial charge in [0.15, 0.2) is 23.3 Å². The molecule has 0 unspecified atom stereocenters. The molecule has 16 aromatic rings. The normalized spacial score (nSPS) is 11.6. The van der Waals surface area contributed by atoms with E-state index in [1.165, 1.54) is 0 Å². The number of hydrogen-bond donors (Lipinski definition) is 0. The zero-order valence-corrected chi connectivity index (χ0v) is 49.1. The van der Waals surface area contributed by atoms with Gasteiger partial charge in [0.05, 0.1) is 61.8 Å². The Labute approximate surface area is 525 Å². The monoisotopic (exact) mass is 1200 g/mol. The molecule has 0 aliphatic heterocycles. The van der Waals surface area contributed by atoms with Crippen molar-refractivity contribution in [2.75, 3.05) is 0 Å². The molecular formula is C81H49F5N6. The molecular weight excluding hydrogens is 1150 g/mol. The third-order valence-corrected chi connectivity index (χ3v) is 17.5. The fraction of sp³-hybridized carbons (Fsp3) is 0.0123. The highest BCUT2D eigenvalue weighted by molar-refractivity contribution is 6.15. The molecule has 438 valence electrons. The Morgan fingerprint density at radius 3 is 0.815 bits per heavy atom. The highest BCUT2D eigenvalue weighted by atomic mass is 19.2. The quantitative estimate of drug-likeness (QED) is 0.0735. The van der Waals surface area contributed by atoms with E-state index in [0.717, 1.165) is 122 Å². The van der Waals surface area contributed by atoms with Gasteiger partial charge < -0.3 is 9.13 Å². The highest BCUT2D eigenvalue weighted by Crippen LogP contribution is 2.47. The average Bonchev–Trinajstić information content (AvgIpc) is 1.52. The maximum absolute atomic E-state index is 16.6. The Morgan fingerprint density at radius 2 is 0.522 bits per heavy atom. The first kappa shape index (κ1) is 55.4. The molecule has 0 aliphatic carbocycles. The van der Waals surface area contributed by atoms with Gasteiger partial charge in [-0.25, -0.2) is 22.0 Å². The van der Waals surface area contributed by atoms with E-state index in [-0.39, 0.29) is 11.1 Å². The molecule has 6 heterocycles. The smallest absolute Gasteiger partial charge is 0.200 e. The van der Waals surface area contributed by atoms with Crippen LogP contribution in [0.25, 0.3) is 156 Å². The Balaban J connectivity index is 1.02. The zero-order valence-electron chi connectivity index (χ0n) is 49.1. The van der Waals surface area contributed by atoms with Crippen LogP contribution < -0.4 is 0 Å². The van der Waals surface area contributed by atoms with E-state index in [9.17, 15) is 0 Å². The lowest BCUT2D eigenvalue weighted by molar-refractivity contribution is 0.381. The second-order valence-corrected chi connectivity index (χ2v) is 22.8. The molecule has 0 spiro atoms. The van der Waals surface area contributed by atoms with Crippen molar-refractivity contribution in [3.8, 4) is 112 Å². The Bertz CT molecular complexity index is 5280.